The molecule has 1 saturated heterocycles. The molecule has 0 aliphatic carbocycles. The molecule has 1 aliphatic heterocycles. The molecule has 2 aromatic carbocycles. The summed E-state index contributed by atoms with van der Waals surface area (Å²) in [5, 5.41) is 0.628. The molecule has 2 unspecified atom stereocenters. The van der Waals surface area contributed by atoms with E-state index in [0.29, 0.717) is 36.9 Å². The smallest absolute Gasteiger partial charge is 0.260 e. The fraction of sp³-hybridized carbons (Fsp3) is 0.440. The summed E-state index contributed by atoms with van der Waals surface area (Å²) in [5.41, 5.74) is 1.27. The van der Waals surface area contributed by atoms with Crippen LogP contribution in [0, 0.1) is 0 Å². The van der Waals surface area contributed by atoms with Gasteiger partial charge >= 0.3 is 0 Å². The summed E-state index contributed by atoms with van der Waals surface area (Å²) in [6, 6.07) is 12.3. The molecule has 194 valence electrons. The SMILES string of the molecule is CSc1ccc2nc(N(CCN(C)C)C(=O)c3ccc(S(=O)(=O)N4CC(C)OC(C)C4)cc3)sc2c1. The fourth-order valence-corrected chi connectivity index (χ4v) is 7.25. The van der Waals surface area contributed by atoms with Crippen molar-refractivity contribution in [2.24, 2.45) is 0 Å². The Balaban J connectivity index is 1.61. The maximum absolute atomic E-state index is 13.6. The molecule has 1 aromatic heterocycles. The van der Waals surface area contributed by atoms with Crippen LogP contribution in [-0.4, -0.2) is 87.3 Å². The summed E-state index contributed by atoms with van der Waals surface area (Å²) in [6.07, 6.45) is 1.69. The van der Waals surface area contributed by atoms with Crippen molar-refractivity contribution in [1.29, 1.82) is 0 Å². The summed E-state index contributed by atoms with van der Waals surface area (Å²) in [5.74, 6) is -0.210. The lowest BCUT2D eigenvalue weighted by Crippen LogP contribution is -2.48. The first-order valence-corrected chi connectivity index (χ1v) is 15.2. The number of morpholine rings is 1. The number of ether oxygens (including phenoxy) is 1. The van der Waals surface area contributed by atoms with E-state index < -0.39 is 10.0 Å². The van der Waals surface area contributed by atoms with Crippen LogP contribution in [0.2, 0.25) is 0 Å². The number of nitrogens with zero attached hydrogens (tertiary/aromatic N) is 4. The molecule has 0 radical (unpaired) electrons. The van der Waals surface area contributed by atoms with Crippen LogP contribution in [0.25, 0.3) is 10.2 Å². The number of aromatic nitrogens is 1. The Bertz CT molecular complexity index is 1310. The highest BCUT2D eigenvalue weighted by molar-refractivity contribution is 7.98. The van der Waals surface area contributed by atoms with Gasteiger partial charge < -0.3 is 9.64 Å². The van der Waals surface area contributed by atoms with Gasteiger partial charge in [-0.25, -0.2) is 13.4 Å². The molecule has 0 saturated carbocycles. The van der Waals surface area contributed by atoms with Gasteiger partial charge in [-0.2, -0.15) is 4.31 Å². The summed E-state index contributed by atoms with van der Waals surface area (Å²) >= 11 is 3.15. The molecule has 0 N–H and O–H groups in total. The van der Waals surface area contributed by atoms with Gasteiger partial charge in [-0.15, -0.1) is 11.8 Å². The van der Waals surface area contributed by atoms with E-state index in [0.717, 1.165) is 15.1 Å². The molecule has 8 nitrogen and oxygen atoms in total. The zero-order valence-electron chi connectivity index (χ0n) is 21.2. The predicted octanol–water partition coefficient (Wildman–Crippen LogP) is 4.02. The number of amides is 1. The minimum Gasteiger partial charge on any atom is -0.373 e. The van der Waals surface area contributed by atoms with Crippen LogP contribution in [0.3, 0.4) is 0 Å². The lowest BCUT2D eigenvalue weighted by molar-refractivity contribution is -0.0440. The van der Waals surface area contributed by atoms with E-state index in [9.17, 15) is 13.2 Å². The number of likely N-dealkylation sites (N-methyl/N-ethyl adjacent to an activating group) is 1. The molecule has 3 aromatic rings. The van der Waals surface area contributed by atoms with Crippen LogP contribution in [0.15, 0.2) is 52.3 Å². The third kappa shape index (κ3) is 5.92. The lowest BCUT2D eigenvalue weighted by Gasteiger charge is -2.34. The van der Waals surface area contributed by atoms with Gasteiger partial charge in [0.1, 0.15) is 0 Å². The Morgan fingerprint density at radius 3 is 2.39 bits per heavy atom. The van der Waals surface area contributed by atoms with Crippen LogP contribution in [0.5, 0.6) is 0 Å². The van der Waals surface area contributed by atoms with Crippen molar-refractivity contribution in [1.82, 2.24) is 14.2 Å². The van der Waals surface area contributed by atoms with Gasteiger partial charge in [0.05, 0.1) is 27.3 Å². The van der Waals surface area contributed by atoms with E-state index in [4.69, 9.17) is 9.72 Å². The van der Waals surface area contributed by atoms with Crippen molar-refractivity contribution >= 4 is 54.4 Å². The number of rotatable bonds is 8. The molecule has 1 aliphatic rings. The Kier molecular flexibility index (Phi) is 8.38. The molecule has 2 heterocycles. The fourth-order valence-electron chi connectivity index (χ4n) is 4.12. The van der Waals surface area contributed by atoms with Crippen LogP contribution in [0.1, 0.15) is 24.2 Å². The number of fused-ring (bicyclic) bond motifs is 1. The highest BCUT2D eigenvalue weighted by Gasteiger charge is 2.32. The Morgan fingerprint density at radius 2 is 1.78 bits per heavy atom. The average Bonchev–Trinajstić information content (AvgIpc) is 3.26. The van der Waals surface area contributed by atoms with Crippen LogP contribution in [0.4, 0.5) is 5.13 Å². The normalized spacial score (nSPS) is 19.2. The van der Waals surface area contributed by atoms with Crippen molar-refractivity contribution in [2.45, 2.75) is 35.8 Å². The Morgan fingerprint density at radius 1 is 1.11 bits per heavy atom. The number of carbonyl (C=O) groups excluding carboxylic acids is 1. The van der Waals surface area contributed by atoms with Crippen LogP contribution in [-0.2, 0) is 14.8 Å². The number of sulfonamides is 1. The summed E-state index contributed by atoms with van der Waals surface area (Å²) in [4.78, 5) is 23.3. The van der Waals surface area contributed by atoms with Crippen LogP contribution >= 0.6 is 23.1 Å². The second kappa shape index (κ2) is 11.2. The first-order chi connectivity index (χ1) is 17.1. The number of hydrogen-bond donors (Lipinski definition) is 0. The monoisotopic (exact) mass is 548 g/mol. The maximum Gasteiger partial charge on any atom is 0.260 e. The second-order valence-corrected chi connectivity index (χ2v) is 13.0. The van der Waals surface area contributed by atoms with Crippen LogP contribution < -0.4 is 4.90 Å². The molecule has 2 atom stereocenters. The number of carbonyl (C=O) groups is 1. The minimum absolute atomic E-state index is 0.171. The number of thioether (sulfide) groups is 1. The van der Waals surface area contributed by atoms with Gasteiger partial charge in [0, 0.05) is 36.6 Å². The summed E-state index contributed by atoms with van der Waals surface area (Å²) in [6.45, 7) is 5.48. The van der Waals surface area contributed by atoms with Gasteiger partial charge in [-0.05, 0) is 76.7 Å². The lowest BCUT2D eigenvalue weighted by atomic mass is 10.2. The first-order valence-electron chi connectivity index (χ1n) is 11.8. The van der Waals surface area contributed by atoms with Crippen molar-refractivity contribution in [3.05, 3.63) is 48.0 Å². The Labute approximate surface area is 221 Å². The zero-order chi connectivity index (χ0) is 26.0. The largest absolute Gasteiger partial charge is 0.373 e. The number of hydrogen-bond acceptors (Lipinski definition) is 8. The van der Waals surface area contributed by atoms with Gasteiger partial charge in [0.15, 0.2) is 5.13 Å². The van der Waals surface area contributed by atoms with Crippen molar-refractivity contribution in [2.75, 3.05) is 51.4 Å². The van der Waals surface area contributed by atoms with Gasteiger partial charge in [0.2, 0.25) is 10.0 Å². The topological polar surface area (TPSA) is 83.1 Å². The van der Waals surface area contributed by atoms with Crippen molar-refractivity contribution < 1.29 is 17.9 Å². The van der Waals surface area contributed by atoms with E-state index in [1.807, 2.05) is 51.2 Å². The number of anilines is 1. The predicted molar refractivity (Wildman–Crippen MR) is 147 cm³/mol. The van der Waals surface area contributed by atoms with Gasteiger partial charge in [-0.3, -0.25) is 9.69 Å². The number of thiazole rings is 1. The third-order valence-corrected chi connectivity index (χ3v) is 9.57. The Hall–Kier alpha value is -2.02. The van der Waals surface area contributed by atoms with E-state index in [2.05, 4.69) is 6.07 Å². The molecule has 0 spiro atoms. The van der Waals surface area contributed by atoms with Gasteiger partial charge in [0.25, 0.3) is 5.91 Å². The molecule has 11 heteroatoms. The molecule has 1 amide bonds. The standard InChI is InChI=1S/C25H32N4O4S3/c1-17-15-28(16-18(2)33-17)36(31,32)21-9-6-19(7-10-21)24(30)29(13-12-27(3)4)25-26-22-11-8-20(34-5)14-23(22)35-25/h6-11,14,17-18H,12-13,15-16H2,1-5H3. The van der Waals surface area contributed by atoms with Crippen molar-refractivity contribution in [3.63, 3.8) is 0 Å². The summed E-state index contributed by atoms with van der Waals surface area (Å²) in [7, 11) is 0.236. The average molecular weight is 549 g/mol. The molecule has 0 bridgehead atoms. The van der Waals surface area contributed by atoms with E-state index in [1.165, 1.54) is 27.8 Å². The molecule has 36 heavy (non-hydrogen) atoms. The zero-order valence-corrected chi connectivity index (χ0v) is 23.6. The highest BCUT2D eigenvalue weighted by atomic mass is 32.2. The third-order valence-electron chi connectivity index (χ3n) is 5.96. The molecule has 4 rings (SSSR count). The van der Waals surface area contributed by atoms with Gasteiger partial charge in [-0.1, -0.05) is 11.3 Å². The molecule has 1 fully saturated rings. The highest BCUT2D eigenvalue weighted by Crippen LogP contribution is 2.32. The summed E-state index contributed by atoms with van der Waals surface area (Å²) < 4.78 is 34.6. The molecular weight excluding hydrogens is 517 g/mol. The number of benzene rings is 2. The minimum atomic E-state index is -3.68. The quantitative estimate of drug-likeness (QED) is 0.393. The van der Waals surface area contributed by atoms with Crippen molar-refractivity contribution in [3.8, 4) is 0 Å². The van der Waals surface area contributed by atoms with E-state index >= 15 is 0 Å². The molecular formula is C25H32N4O4S3. The maximum atomic E-state index is 13.6. The van der Waals surface area contributed by atoms with E-state index in [-0.39, 0.29) is 23.0 Å². The van der Waals surface area contributed by atoms with E-state index in [1.54, 1.807) is 28.8 Å². The second-order valence-electron chi connectivity index (χ2n) is 9.19. The first kappa shape index (κ1) is 27.0.